The minimum absolute atomic E-state index is 0.00669. The van der Waals surface area contributed by atoms with Crippen molar-refractivity contribution < 1.29 is 9.13 Å². The van der Waals surface area contributed by atoms with Crippen LogP contribution in [0.5, 0.6) is 0 Å². The molecule has 0 amide bonds. The van der Waals surface area contributed by atoms with Crippen LogP contribution in [0.2, 0.25) is 0 Å². The molecule has 1 saturated heterocycles. The molecule has 0 aliphatic carbocycles. The monoisotopic (exact) mass is 252 g/mol. The molecule has 1 aliphatic heterocycles. The summed E-state index contributed by atoms with van der Waals surface area (Å²) in [5.41, 5.74) is 6.67. The van der Waals surface area contributed by atoms with Crippen LogP contribution < -0.4 is 5.73 Å². The second kappa shape index (κ2) is 5.34. The van der Waals surface area contributed by atoms with Crippen LogP contribution in [0.4, 0.5) is 4.39 Å². The van der Waals surface area contributed by atoms with Crippen LogP contribution in [0.1, 0.15) is 24.9 Å². The Labute approximate surface area is 108 Å². The van der Waals surface area contributed by atoms with E-state index in [9.17, 15) is 4.39 Å². The predicted octanol–water partition coefficient (Wildman–Crippen LogP) is 1.94. The van der Waals surface area contributed by atoms with Crippen molar-refractivity contribution in [2.75, 3.05) is 26.8 Å². The maximum Gasteiger partial charge on any atom is 0.127 e. The second-order valence-corrected chi connectivity index (χ2v) is 5.28. The van der Waals surface area contributed by atoms with E-state index < -0.39 is 0 Å². The lowest BCUT2D eigenvalue weighted by Crippen LogP contribution is -2.50. The average molecular weight is 252 g/mol. The maximum absolute atomic E-state index is 13.7. The predicted molar refractivity (Wildman–Crippen MR) is 69.8 cm³/mol. The Morgan fingerprint density at radius 2 is 2.22 bits per heavy atom. The number of hydrogen-bond donors (Lipinski definition) is 1. The molecule has 0 radical (unpaired) electrons. The molecule has 3 nitrogen and oxygen atoms in total. The van der Waals surface area contributed by atoms with Crippen LogP contribution in [0, 0.1) is 5.82 Å². The fourth-order valence-corrected chi connectivity index (χ4v) is 2.43. The lowest BCUT2D eigenvalue weighted by atomic mass is 9.98. The van der Waals surface area contributed by atoms with Crippen LogP contribution in [-0.4, -0.2) is 37.2 Å². The molecule has 0 aromatic heterocycles. The van der Waals surface area contributed by atoms with Gasteiger partial charge in [-0.15, -0.1) is 0 Å². The standard InChI is InChI=1S/C14H21FN2O/c1-11(12-5-3-4-6-13(12)15)17(2)9-14(16)7-8-18-10-14/h3-6,11H,7-10,16H2,1-2H3. The van der Waals surface area contributed by atoms with Gasteiger partial charge >= 0.3 is 0 Å². The molecule has 18 heavy (non-hydrogen) atoms. The smallest absolute Gasteiger partial charge is 0.127 e. The summed E-state index contributed by atoms with van der Waals surface area (Å²) in [5, 5.41) is 0. The van der Waals surface area contributed by atoms with Crippen molar-refractivity contribution in [3.8, 4) is 0 Å². The Morgan fingerprint density at radius 3 is 2.83 bits per heavy atom. The van der Waals surface area contributed by atoms with Crippen molar-refractivity contribution in [2.24, 2.45) is 5.73 Å². The van der Waals surface area contributed by atoms with Gasteiger partial charge in [-0.3, -0.25) is 4.90 Å². The van der Waals surface area contributed by atoms with Gasteiger partial charge in [0.2, 0.25) is 0 Å². The summed E-state index contributed by atoms with van der Waals surface area (Å²) in [6, 6.07) is 6.90. The van der Waals surface area contributed by atoms with Gasteiger partial charge in [-0.2, -0.15) is 0 Å². The Kier molecular flexibility index (Phi) is 4.00. The SMILES string of the molecule is CC(c1ccccc1F)N(C)CC1(N)CCOC1. The molecule has 2 unspecified atom stereocenters. The van der Waals surface area contributed by atoms with Crippen LogP contribution in [-0.2, 0) is 4.74 Å². The van der Waals surface area contributed by atoms with Gasteiger partial charge in [0.25, 0.3) is 0 Å². The van der Waals surface area contributed by atoms with E-state index in [1.54, 1.807) is 6.07 Å². The summed E-state index contributed by atoms with van der Waals surface area (Å²) in [4.78, 5) is 2.09. The Balaban J connectivity index is 2.05. The average Bonchev–Trinajstić information content (AvgIpc) is 2.75. The molecule has 0 spiro atoms. The largest absolute Gasteiger partial charge is 0.379 e. The first-order valence-electron chi connectivity index (χ1n) is 6.33. The molecule has 1 aromatic carbocycles. The van der Waals surface area contributed by atoms with Crippen LogP contribution in [0.3, 0.4) is 0 Å². The fraction of sp³-hybridized carbons (Fsp3) is 0.571. The van der Waals surface area contributed by atoms with Gasteiger partial charge in [-0.05, 0) is 26.5 Å². The molecule has 1 fully saturated rings. The van der Waals surface area contributed by atoms with Crippen molar-refractivity contribution in [1.29, 1.82) is 0 Å². The zero-order valence-corrected chi connectivity index (χ0v) is 11.0. The van der Waals surface area contributed by atoms with E-state index in [-0.39, 0.29) is 17.4 Å². The van der Waals surface area contributed by atoms with Crippen LogP contribution >= 0.6 is 0 Å². The van der Waals surface area contributed by atoms with E-state index >= 15 is 0 Å². The quantitative estimate of drug-likeness (QED) is 0.890. The summed E-state index contributed by atoms with van der Waals surface area (Å²) in [5.74, 6) is -0.161. The third-order valence-electron chi connectivity index (χ3n) is 3.71. The highest BCUT2D eigenvalue weighted by Gasteiger charge is 2.33. The Hall–Kier alpha value is -0.970. The number of nitrogens with zero attached hydrogens (tertiary/aromatic N) is 1. The maximum atomic E-state index is 13.7. The number of ether oxygens (including phenoxy) is 1. The van der Waals surface area contributed by atoms with Crippen molar-refractivity contribution >= 4 is 0 Å². The van der Waals surface area contributed by atoms with Gasteiger partial charge in [0.05, 0.1) is 12.1 Å². The first-order valence-corrected chi connectivity index (χ1v) is 6.33. The molecular weight excluding hydrogens is 231 g/mol. The molecule has 2 N–H and O–H groups in total. The van der Waals surface area contributed by atoms with E-state index in [0.29, 0.717) is 18.7 Å². The number of nitrogens with two attached hydrogens (primary N) is 1. The molecular formula is C14H21FN2O. The lowest BCUT2D eigenvalue weighted by molar-refractivity contribution is 0.148. The molecule has 2 rings (SSSR count). The third-order valence-corrected chi connectivity index (χ3v) is 3.71. The van der Waals surface area contributed by atoms with Gasteiger partial charge in [-0.1, -0.05) is 18.2 Å². The molecule has 4 heteroatoms. The molecule has 1 aromatic rings. The third kappa shape index (κ3) is 2.88. The number of benzene rings is 1. The summed E-state index contributed by atoms with van der Waals surface area (Å²) in [6.07, 6.45) is 0.862. The molecule has 0 bridgehead atoms. The lowest BCUT2D eigenvalue weighted by Gasteiger charge is -2.32. The summed E-state index contributed by atoms with van der Waals surface area (Å²) >= 11 is 0. The highest BCUT2D eigenvalue weighted by molar-refractivity contribution is 5.20. The van der Waals surface area contributed by atoms with Gasteiger partial charge < -0.3 is 10.5 Å². The van der Waals surface area contributed by atoms with Crippen LogP contribution in [0.25, 0.3) is 0 Å². The fourth-order valence-electron chi connectivity index (χ4n) is 2.43. The van der Waals surface area contributed by atoms with Crippen molar-refractivity contribution in [3.05, 3.63) is 35.6 Å². The highest BCUT2D eigenvalue weighted by atomic mass is 19.1. The molecule has 1 aliphatic rings. The first kappa shape index (κ1) is 13.5. The van der Waals surface area contributed by atoms with Gasteiger partial charge in [0, 0.05) is 24.8 Å². The van der Waals surface area contributed by atoms with Crippen molar-refractivity contribution in [3.63, 3.8) is 0 Å². The summed E-state index contributed by atoms with van der Waals surface area (Å²) < 4.78 is 19.1. The number of rotatable bonds is 4. The molecule has 2 atom stereocenters. The van der Waals surface area contributed by atoms with Gasteiger partial charge in [0.1, 0.15) is 5.82 Å². The first-order chi connectivity index (χ1) is 8.52. The van der Waals surface area contributed by atoms with Gasteiger partial charge in [0.15, 0.2) is 0 Å². The van der Waals surface area contributed by atoms with E-state index in [2.05, 4.69) is 4.90 Å². The van der Waals surface area contributed by atoms with E-state index in [1.165, 1.54) is 6.07 Å². The van der Waals surface area contributed by atoms with Crippen molar-refractivity contribution in [1.82, 2.24) is 4.90 Å². The number of hydrogen-bond acceptors (Lipinski definition) is 3. The zero-order chi connectivity index (χ0) is 13.2. The Morgan fingerprint density at radius 1 is 1.50 bits per heavy atom. The van der Waals surface area contributed by atoms with Gasteiger partial charge in [-0.25, -0.2) is 4.39 Å². The topological polar surface area (TPSA) is 38.5 Å². The number of likely N-dealkylation sites (N-methyl/N-ethyl adjacent to an activating group) is 1. The second-order valence-electron chi connectivity index (χ2n) is 5.28. The van der Waals surface area contributed by atoms with Crippen molar-refractivity contribution in [2.45, 2.75) is 24.9 Å². The number of halogens is 1. The minimum Gasteiger partial charge on any atom is -0.379 e. The Bertz CT molecular complexity index is 405. The molecule has 1 heterocycles. The summed E-state index contributed by atoms with van der Waals surface area (Å²) in [6.45, 7) is 4.01. The van der Waals surface area contributed by atoms with E-state index in [1.807, 2.05) is 26.1 Å². The molecule has 100 valence electrons. The van der Waals surface area contributed by atoms with E-state index in [4.69, 9.17) is 10.5 Å². The van der Waals surface area contributed by atoms with Crippen LogP contribution in [0.15, 0.2) is 24.3 Å². The van der Waals surface area contributed by atoms with E-state index in [0.717, 1.165) is 13.0 Å². The summed E-state index contributed by atoms with van der Waals surface area (Å²) in [7, 11) is 1.98. The highest BCUT2D eigenvalue weighted by Crippen LogP contribution is 2.25. The normalized spacial score (nSPS) is 25.6. The zero-order valence-electron chi connectivity index (χ0n) is 11.0. The molecule has 0 saturated carbocycles. The minimum atomic E-state index is -0.297.